The number of hydrogen-bond donors (Lipinski definition) is 2. The fourth-order valence-electron chi connectivity index (χ4n) is 1.77. The summed E-state index contributed by atoms with van der Waals surface area (Å²) < 4.78 is 5.35. The van der Waals surface area contributed by atoms with Crippen LogP contribution in [0.5, 0.6) is 5.75 Å². The predicted molar refractivity (Wildman–Crippen MR) is 78.4 cm³/mol. The number of rotatable bonds is 6. The van der Waals surface area contributed by atoms with Gasteiger partial charge in [-0.15, -0.1) is 0 Å². The lowest BCUT2D eigenvalue weighted by Crippen LogP contribution is -2.46. The third kappa shape index (κ3) is 4.36. The Bertz CT molecular complexity index is 491. The Hall–Kier alpha value is -1.33. The van der Waals surface area contributed by atoms with E-state index in [9.17, 15) is 4.79 Å². The van der Waals surface area contributed by atoms with E-state index in [1.165, 1.54) is 0 Å². The fraction of sp³-hybridized carbons (Fsp3) is 0.385. The minimum absolute atomic E-state index is 0.0772. The molecule has 1 saturated carbocycles. The second-order valence-corrected chi connectivity index (χ2v) is 5.44. The molecule has 1 amide bonds. The zero-order chi connectivity index (χ0) is 13.8. The molecule has 0 bridgehead atoms. The van der Waals surface area contributed by atoms with Gasteiger partial charge in [0.2, 0.25) is 0 Å². The number of hydrogen-bond acceptors (Lipinski definition) is 3. The highest BCUT2D eigenvalue weighted by atomic mass is 35.5. The quantitative estimate of drug-likeness (QED) is 0.787. The van der Waals surface area contributed by atoms with Gasteiger partial charge in [0.25, 0.3) is 5.91 Å². The van der Waals surface area contributed by atoms with Crippen molar-refractivity contribution >= 4 is 34.7 Å². The third-order valence-corrected chi connectivity index (χ3v) is 3.37. The van der Waals surface area contributed by atoms with Gasteiger partial charge in [-0.25, -0.2) is 0 Å². The van der Waals surface area contributed by atoms with Gasteiger partial charge >= 0.3 is 0 Å². The van der Waals surface area contributed by atoms with Gasteiger partial charge in [-0.05, 0) is 37.0 Å². The Balaban J connectivity index is 1.82. The van der Waals surface area contributed by atoms with Crippen LogP contribution < -0.4 is 15.8 Å². The molecule has 102 valence electrons. The van der Waals surface area contributed by atoms with Crippen LogP contribution in [0.15, 0.2) is 24.3 Å². The number of halogens is 1. The molecule has 1 unspecified atom stereocenters. The van der Waals surface area contributed by atoms with Crippen LogP contribution in [-0.2, 0) is 4.79 Å². The van der Waals surface area contributed by atoms with E-state index in [0.717, 1.165) is 12.8 Å². The zero-order valence-corrected chi connectivity index (χ0v) is 11.8. The van der Waals surface area contributed by atoms with Crippen molar-refractivity contribution in [1.29, 1.82) is 0 Å². The highest BCUT2D eigenvalue weighted by molar-refractivity contribution is 7.80. The summed E-state index contributed by atoms with van der Waals surface area (Å²) >= 11 is 10.8. The molecule has 0 saturated heterocycles. The monoisotopic (exact) mass is 298 g/mol. The summed E-state index contributed by atoms with van der Waals surface area (Å²) in [5.74, 6) is 0.707. The van der Waals surface area contributed by atoms with Gasteiger partial charge in [0, 0.05) is 5.02 Å². The Morgan fingerprint density at radius 2 is 2.32 bits per heavy atom. The average molecular weight is 299 g/mol. The molecule has 1 aromatic carbocycles. The molecule has 0 aromatic heterocycles. The molecule has 0 radical (unpaired) electrons. The van der Waals surface area contributed by atoms with E-state index < -0.39 is 0 Å². The van der Waals surface area contributed by atoms with Crippen LogP contribution in [0.1, 0.15) is 12.8 Å². The van der Waals surface area contributed by atoms with E-state index in [1.54, 1.807) is 24.3 Å². The van der Waals surface area contributed by atoms with Crippen LogP contribution in [-0.4, -0.2) is 23.5 Å². The number of nitrogens with one attached hydrogen (secondary N) is 1. The van der Waals surface area contributed by atoms with Crippen molar-refractivity contribution in [3.8, 4) is 5.75 Å². The molecule has 1 aliphatic carbocycles. The van der Waals surface area contributed by atoms with Crippen molar-refractivity contribution in [2.45, 2.75) is 18.9 Å². The van der Waals surface area contributed by atoms with Crippen LogP contribution >= 0.6 is 23.8 Å². The van der Waals surface area contributed by atoms with Gasteiger partial charge in [-0.2, -0.15) is 0 Å². The first-order valence-electron chi connectivity index (χ1n) is 6.03. The van der Waals surface area contributed by atoms with Gasteiger partial charge in [-0.1, -0.05) is 29.9 Å². The largest absolute Gasteiger partial charge is 0.484 e. The molecule has 6 heteroatoms. The average Bonchev–Trinajstić information content (AvgIpc) is 3.17. The molecular formula is C13H15ClN2O2S. The molecule has 19 heavy (non-hydrogen) atoms. The molecule has 4 nitrogen and oxygen atoms in total. The number of thiocarbonyl (C=S) groups is 1. The SMILES string of the molecule is NC(=S)C(NC(=O)COc1cccc(Cl)c1)C1CC1. The smallest absolute Gasteiger partial charge is 0.258 e. The number of amides is 1. The van der Waals surface area contributed by atoms with E-state index in [4.69, 9.17) is 34.3 Å². The van der Waals surface area contributed by atoms with E-state index in [-0.39, 0.29) is 18.6 Å². The number of ether oxygens (including phenoxy) is 1. The summed E-state index contributed by atoms with van der Waals surface area (Å²) in [5, 5.41) is 3.37. The van der Waals surface area contributed by atoms with Crippen LogP contribution in [0.2, 0.25) is 5.02 Å². The molecule has 3 N–H and O–H groups in total. The Kier molecular flexibility index (Phi) is 4.61. The third-order valence-electron chi connectivity index (χ3n) is 2.88. The molecule has 1 aromatic rings. The molecule has 0 spiro atoms. The minimum Gasteiger partial charge on any atom is -0.484 e. The maximum atomic E-state index is 11.8. The number of carbonyl (C=O) groups excluding carboxylic acids is 1. The number of nitrogens with two attached hydrogens (primary N) is 1. The Morgan fingerprint density at radius 3 is 2.89 bits per heavy atom. The standard InChI is InChI=1S/C13H15ClN2O2S/c14-9-2-1-3-10(6-9)18-7-11(17)16-12(13(15)19)8-4-5-8/h1-3,6,8,12H,4-5,7H2,(H2,15,19)(H,16,17). The lowest BCUT2D eigenvalue weighted by Gasteiger charge is -2.16. The molecule has 2 rings (SSSR count). The number of benzene rings is 1. The molecule has 0 heterocycles. The normalized spacial score (nSPS) is 15.6. The minimum atomic E-state index is -0.232. The van der Waals surface area contributed by atoms with Crippen LogP contribution in [0.4, 0.5) is 0 Å². The second-order valence-electron chi connectivity index (χ2n) is 4.53. The lowest BCUT2D eigenvalue weighted by molar-refractivity contribution is -0.123. The van der Waals surface area contributed by atoms with E-state index in [2.05, 4.69) is 5.32 Å². The molecule has 1 aliphatic rings. The zero-order valence-electron chi connectivity index (χ0n) is 10.3. The van der Waals surface area contributed by atoms with E-state index in [0.29, 0.717) is 21.7 Å². The van der Waals surface area contributed by atoms with Crippen molar-refractivity contribution in [2.75, 3.05) is 6.61 Å². The summed E-state index contributed by atoms with van der Waals surface area (Å²) in [6, 6.07) is 6.68. The summed E-state index contributed by atoms with van der Waals surface area (Å²) in [4.78, 5) is 12.1. The van der Waals surface area contributed by atoms with Gasteiger partial charge < -0.3 is 15.8 Å². The maximum Gasteiger partial charge on any atom is 0.258 e. The first kappa shape index (κ1) is 14.1. The van der Waals surface area contributed by atoms with Crippen molar-refractivity contribution in [3.63, 3.8) is 0 Å². The van der Waals surface area contributed by atoms with Crippen molar-refractivity contribution in [1.82, 2.24) is 5.32 Å². The van der Waals surface area contributed by atoms with Gasteiger partial charge in [-0.3, -0.25) is 4.79 Å². The topological polar surface area (TPSA) is 64.3 Å². The summed E-state index contributed by atoms with van der Waals surface area (Å²) in [6.07, 6.45) is 2.11. The molecular weight excluding hydrogens is 284 g/mol. The maximum absolute atomic E-state index is 11.8. The number of carbonyl (C=O) groups is 1. The summed E-state index contributed by atoms with van der Waals surface area (Å²) in [5.41, 5.74) is 5.61. The second kappa shape index (κ2) is 6.21. The lowest BCUT2D eigenvalue weighted by atomic mass is 10.2. The summed E-state index contributed by atoms with van der Waals surface area (Å²) in [7, 11) is 0. The highest BCUT2D eigenvalue weighted by Crippen LogP contribution is 2.32. The summed E-state index contributed by atoms with van der Waals surface area (Å²) in [6.45, 7) is -0.0772. The van der Waals surface area contributed by atoms with Crippen molar-refractivity contribution < 1.29 is 9.53 Å². The van der Waals surface area contributed by atoms with Crippen LogP contribution in [0.25, 0.3) is 0 Å². The van der Waals surface area contributed by atoms with Crippen molar-refractivity contribution in [3.05, 3.63) is 29.3 Å². The van der Waals surface area contributed by atoms with Crippen LogP contribution in [0.3, 0.4) is 0 Å². The first-order chi connectivity index (χ1) is 9.06. The van der Waals surface area contributed by atoms with E-state index >= 15 is 0 Å². The Labute approximate surface area is 122 Å². The van der Waals surface area contributed by atoms with Gasteiger partial charge in [0.05, 0.1) is 11.0 Å². The molecule has 1 atom stereocenters. The van der Waals surface area contributed by atoms with Crippen molar-refractivity contribution in [2.24, 2.45) is 11.7 Å². The molecule has 1 fully saturated rings. The predicted octanol–water partition coefficient (Wildman–Crippen LogP) is 1.90. The highest BCUT2D eigenvalue weighted by Gasteiger charge is 2.34. The van der Waals surface area contributed by atoms with E-state index in [1.807, 2.05) is 0 Å². The molecule has 0 aliphatic heterocycles. The van der Waals surface area contributed by atoms with Gasteiger partial charge in [0.15, 0.2) is 6.61 Å². The Morgan fingerprint density at radius 1 is 1.58 bits per heavy atom. The van der Waals surface area contributed by atoms with Gasteiger partial charge in [0.1, 0.15) is 5.75 Å². The fourth-order valence-corrected chi connectivity index (χ4v) is 2.20. The first-order valence-corrected chi connectivity index (χ1v) is 6.82. The van der Waals surface area contributed by atoms with Crippen LogP contribution in [0, 0.1) is 5.92 Å².